The minimum Gasteiger partial charge on any atom is -0.309 e. The van der Waals surface area contributed by atoms with Crippen molar-refractivity contribution in [3.63, 3.8) is 0 Å². The molecule has 0 saturated carbocycles. The lowest BCUT2D eigenvalue weighted by Gasteiger charge is -2.34. The third-order valence-electron chi connectivity index (χ3n) is 9.62. The van der Waals surface area contributed by atoms with E-state index in [4.69, 9.17) is 4.98 Å². The molecule has 0 fully saturated rings. The van der Waals surface area contributed by atoms with Gasteiger partial charge in [0.25, 0.3) is 0 Å². The zero-order valence-electron chi connectivity index (χ0n) is 25.3. The van der Waals surface area contributed by atoms with Crippen molar-refractivity contribution in [1.82, 2.24) is 9.55 Å². The van der Waals surface area contributed by atoms with Crippen molar-refractivity contribution in [2.45, 2.75) is 19.3 Å². The van der Waals surface area contributed by atoms with Crippen LogP contribution in [0.1, 0.15) is 25.0 Å². The highest BCUT2D eigenvalue weighted by Crippen LogP contribution is 2.48. The van der Waals surface area contributed by atoms with Crippen LogP contribution < -0.4 is 4.90 Å². The van der Waals surface area contributed by atoms with Crippen LogP contribution in [0, 0.1) is 0 Å². The maximum absolute atomic E-state index is 4.75. The first-order valence-electron chi connectivity index (χ1n) is 15.6. The highest BCUT2D eigenvalue weighted by atomic mass is 15.2. The van der Waals surface area contributed by atoms with E-state index < -0.39 is 0 Å². The largest absolute Gasteiger partial charge is 0.309 e. The Labute approximate surface area is 262 Å². The van der Waals surface area contributed by atoms with Gasteiger partial charge in [0.15, 0.2) is 0 Å². The van der Waals surface area contributed by atoms with Gasteiger partial charge < -0.3 is 4.57 Å². The van der Waals surface area contributed by atoms with Gasteiger partial charge in [-0.15, -0.1) is 0 Å². The Bertz CT molecular complexity index is 2390. The topological polar surface area (TPSA) is 21.1 Å². The first kappa shape index (κ1) is 25.8. The SMILES string of the molecule is CC1(C)c2ccccc2-n2c3ccc(-c4ccc(N(c5ccccn5)c5cccc6ccccc56)cc4)cc3c3cccc1c32. The van der Waals surface area contributed by atoms with E-state index in [0.29, 0.717) is 0 Å². The molecular formula is C42H31N3. The number of nitrogens with zero attached hydrogens (tertiary/aromatic N) is 3. The molecule has 214 valence electrons. The average Bonchev–Trinajstić information content (AvgIpc) is 3.43. The molecule has 3 heterocycles. The van der Waals surface area contributed by atoms with Gasteiger partial charge in [-0.3, -0.25) is 4.90 Å². The number of benzene rings is 6. The predicted octanol–water partition coefficient (Wildman–Crippen LogP) is 11.1. The Morgan fingerprint density at radius 1 is 0.578 bits per heavy atom. The summed E-state index contributed by atoms with van der Waals surface area (Å²) in [7, 11) is 0. The molecule has 2 aromatic heterocycles. The van der Waals surface area contributed by atoms with Crippen molar-refractivity contribution in [2.75, 3.05) is 4.90 Å². The fourth-order valence-electron chi connectivity index (χ4n) is 7.43. The molecule has 9 rings (SSSR count). The molecule has 3 heteroatoms. The molecular weight excluding hydrogens is 546 g/mol. The van der Waals surface area contributed by atoms with E-state index in [1.807, 2.05) is 18.3 Å². The number of para-hydroxylation sites is 2. The fourth-order valence-corrected chi connectivity index (χ4v) is 7.43. The minimum atomic E-state index is -0.0668. The van der Waals surface area contributed by atoms with Crippen LogP contribution in [0.5, 0.6) is 0 Å². The van der Waals surface area contributed by atoms with Crippen LogP contribution in [0.4, 0.5) is 17.2 Å². The molecule has 1 aliphatic rings. The number of hydrogen-bond donors (Lipinski definition) is 0. The van der Waals surface area contributed by atoms with Gasteiger partial charge in [0.05, 0.1) is 22.4 Å². The van der Waals surface area contributed by atoms with Crippen molar-refractivity contribution in [2.24, 2.45) is 0 Å². The Hall–Kier alpha value is -5.67. The lowest BCUT2D eigenvalue weighted by atomic mass is 9.75. The second kappa shape index (κ2) is 9.67. The summed E-state index contributed by atoms with van der Waals surface area (Å²) < 4.78 is 2.47. The lowest BCUT2D eigenvalue weighted by molar-refractivity contribution is 0.630. The molecule has 0 aliphatic carbocycles. The van der Waals surface area contributed by atoms with Gasteiger partial charge in [-0.1, -0.05) is 111 Å². The highest BCUT2D eigenvalue weighted by molar-refractivity contribution is 6.12. The van der Waals surface area contributed by atoms with Crippen LogP contribution in [0.3, 0.4) is 0 Å². The number of anilines is 3. The van der Waals surface area contributed by atoms with E-state index in [9.17, 15) is 0 Å². The normalized spacial score (nSPS) is 13.3. The summed E-state index contributed by atoms with van der Waals surface area (Å²) in [6.07, 6.45) is 1.86. The standard InChI is InChI=1S/C42H31N3/c1-42(2)35-15-5-6-17-39(35)45-38-25-22-30(27-34(38)33-14-10-16-36(42)41(33)45)28-20-23-31(24-21-28)44(40-19-7-8-26-43-40)37-18-9-12-29-11-3-4-13-32(29)37/h3-27H,1-2H3. The molecule has 45 heavy (non-hydrogen) atoms. The third-order valence-corrected chi connectivity index (χ3v) is 9.62. The second-order valence-corrected chi connectivity index (χ2v) is 12.5. The number of rotatable bonds is 4. The number of pyridine rings is 1. The maximum atomic E-state index is 4.75. The van der Waals surface area contributed by atoms with E-state index in [1.165, 1.54) is 60.5 Å². The number of aromatic nitrogens is 2. The Balaban J connectivity index is 1.18. The lowest BCUT2D eigenvalue weighted by Crippen LogP contribution is -2.26. The molecule has 0 unspecified atom stereocenters. The van der Waals surface area contributed by atoms with Crippen molar-refractivity contribution < 1.29 is 0 Å². The minimum absolute atomic E-state index is 0.0668. The fraction of sp³-hybridized carbons (Fsp3) is 0.0714. The molecule has 0 N–H and O–H groups in total. The van der Waals surface area contributed by atoms with Gasteiger partial charge in [-0.25, -0.2) is 4.98 Å². The van der Waals surface area contributed by atoms with Gasteiger partial charge >= 0.3 is 0 Å². The highest BCUT2D eigenvalue weighted by Gasteiger charge is 2.34. The van der Waals surface area contributed by atoms with Gasteiger partial charge in [0.2, 0.25) is 0 Å². The Morgan fingerprint density at radius 3 is 2.16 bits per heavy atom. The smallest absolute Gasteiger partial charge is 0.137 e. The molecule has 6 aromatic carbocycles. The van der Waals surface area contributed by atoms with Crippen molar-refractivity contribution in [1.29, 1.82) is 0 Å². The van der Waals surface area contributed by atoms with Gasteiger partial charge in [0.1, 0.15) is 5.82 Å². The van der Waals surface area contributed by atoms with Crippen LogP contribution in [-0.2, 0) is 5.41 Å². The number of fused-ring (bicyclic) bond motifs is 6. The summed E-state index contributed by atoms with van der Waals surface area (Å²) >= 11 is 0. The summed E-state index contributed by atoms with van der Waals surface area (Å²) in [6, 6.07) is 52.6. The third kappa shape index (κ3) is 3.80. The van der Waals surface area contributed by atoms with Crippen LogP contribution in [-0.4, -0.2) is 9.55 Å². The molecule has 1 aliphatic heterocycles. The summed E-state index contributed by atoms with van der Waals surface area (Å²) in [5.74, 6) is 0.889. The molecule has 8 aromatic rings. The van der Waals surface area contributed by atoms with E-state index >= 15 is 0 Å². The molecule has 0 radical (unpaired) electrons. The predicted molar refractivity (Wildman–Crippen MR) is 188 cm³/mol. The van der Waals surface area contributed by atoms with E-state index in [2.05, 4.69) is 157 Å². The van der Waals surface area contributed by atoms with Crippen LogP contribution in [0.25, 0.3) is 49.4 Å². The molecule has 3 nitrogen and oxygen atoms in total. The Morgan fingerprint density at radius 2 is 1.29 bits per heavy atom. The zero-order chi connectivity index (χ0) is 30.1. The Kier molecular flexibility index (Phi) is 5.54. The van der Waals surface area contributed by atoms with Crippen LogP contribution >= 0.6 is 0 Å². The summed E-state index contributed by atoms with van der Waals surface area (Å²) in [6.45, 7) is 4.70. The summed E-state index contributed by atoms with van der Waals surface area (Å²) in [5.41, 5.74) is 11.1. The van der Waals surface area contributed by atoms with E-state index in [-0.39, 0.29) is 5.41 Å². The zero-order valence-corrected chi connectivity index (χ0v) is 25.3. The first-order chi connectivity index (χ1) is 22.1. The monoisotopic (exact) mass is 577 g/mol. The summed E-state index contributed by atoms with van der Waals surface area (Å²) in [5, 5.41) is 4.99. The molecule has 0 saturated heterocycles. The van der Waals surface area contributed by atoms with Gasteiger partial charge in [-0.05, 0) is 76.2 Å². The quantitative estimate of drug-likeness (QED) is 0.207. The molecule has 0 bridgehead atoms. The average molecular weight is 578 g/mol. The maximum Gasteiger partial charge on any atom is 0.137 e. The summed E-state index contributed by atoms with van der Waals surface area (Å²) in [4.78, 5) is 7.00. The van der Waals surface area contributed by atoms with Crippen LogP contribution in [0.2, 0.25) is 0 Å². The molecule has 0 spiro atoms. The number of hydrogen-bond acceptors (Lipinski definition) is 2. The second-order valence-electron chi connectivity index (χ2n) is 12.5. The van der Waals surface area contributed by atoms with E-state index in [1.54, 1.807) is 0 Å². The van der Waals surface area contributed by atoms with Crippen molar-refractivity contribution >= 4 is 49.8 Å². The van der Waals surface area contributed by atoms with E-state index in [0.717, 1.165) is 17.2 Å². The van der Waals surface area contributed by atoms with Crippen LogP contribution in [0.15, 0.2) is 152 Å². The van der Waals surface area contributed by atoms with Crippen molar-refractivity contribution in [3.8, 4) is 16.8 Å². The van der Waals surface area contributed by atoms with Gasteiger partial charge in [-0.2, -0.15) is 0 Å². The van der Waals surface area contributed by atoms with Crippen molar-refractivity contribution in [3.05, 3.63) is 163 Å². The molecule has 0 atom stereocenters. The molecule has 0 amide bonds. The van der Waals surface area contributed by atoms with Gasteiger partial charge in [0, 0.05) is 33.5 Å². The first-order valence-corrected chi connectivity index (χ1v) is 15.6.